The lowest BCUT2D eigenvalue weighted by molar-refractivity contribution is -0.889. The summed E-state index contributed by atoms with van der Waals surface area (Å²) in [5.41, 5.74) is 1.27. The van der Waals surface area contributed by atoms with Crippen molar-refractivity contribution in [2.45, 2.75) is 26.3 Å². The Morgan fingerprint density at radius 1 is 1.04 bits per heavy atom. The largest absolute Gasteiger partial charge is 0.325 e. The number of aromatic nitrogens is 1. The number of aromatic amines is 1. The molecule has 0 fully saturated rings. The molecule has 2 rings (SSSR count). The number of quaternary nitrogens is 1. The number of anilines is 1. The van der Waals surface area contributed by atoms with Gasteiger partial charge in [0.25, 0.3) is 5.82 Å². The smallest absolute Gasteiger partial charge is 0.274 e. The predicted octanol–water partition coefficient (Wildman–Crippen LogP) is 4.04. The average Bonchev–Trinajstić information content (AvgIpc) is 2.59. The molecule has 130 valence electrons. The molecule has 0 aliphatic rings. The molecule has 1 aromatic heterocycles. The van der Waals surface area contributed by atoms with Crippen LogP contribution in [-0.4, -0.2) is 38.2 Å². The van der Waals surface area contributed by atoms with Gasteiger partial charge >= 0.3 is 0 Å². The van der Waals surface area contributed by atoms with E-state index in [1.54, 1.807) is 0 Å². The zero-order valence-electron chi connectivity index (χ0n) is 15.1. The normalized spacial score (nSPS) is 11.5. The number of benzene rings is 1. The molecule has 0 saturated heterocycles. The fourth-order valence-corrected chi connectivity index (χ4v) is 2.89. The summed E-state index contributed by atoms with van der Waals surface area (Å²) in [6.07, 6.45) is 4.52. The molecule has 2 aromatic rings. The molecular weight excluding hydrogens is 318 g/mol. The van der Waals surface area contributed by atoms with Crippen molar-refractivity contribution in [1.82, 2.24) is 0 Å². The van der Waals surface area contributed by atoms with Crippen molar-refractivity contribution in [3.8, 4) is 0 Å². The molecule has 0 aliphatic heterocycles. The lowest BCUT2D eigenvalue weighted by atomic mass is 10.2. The third kappa shape index (κ3) is 6.14. The molecule has 0 unspecified atom stereocenters. The highest BCUT2D eigenvalue weighted by atomic mass is 35.5. The number of nitrogens with one attached hydrogen (secondary N) is 1. The molecule has 1 heterocycles. The molecule has 0 amide bonds. The number of pyridine rings is 1. The van der Waals surface area contributed by atoms with E-state index in [1.165, 1.54) is 24.9 Å². The van der Waals surface area contributed by atoms with Crippen molar-refractivity contribution in [2.24, 2.45) is 0 Å². The first kappa shape index (κ1) is 18.8. The van der Waals surface area contributed by atoms with Crippen molar-refractivity contribution in [3.05, 3.63) is 59.2 Å². The molecule has 0 aliphatic carbocycles. The van der Waals surface area contributed by atoms with Crippen molar-refractivity contribution in [1.29, 1.82) is 0 Å². The summed E-state index contributed by atoms with van der Waals surface area (Å²) in [4.78, 5) is 5.78. The van der Waals surface area contributed by atoms with Crippen molar-refractivity contribution >= 4 is 17.4 Å². The summed E-state index contributed by atoms with van der Waals surface area (Å²) in [5, 5.41) is 0.786. The number of halogens is 1. The molecule has 0 bridgehead atoms. The Bertz CT molecular complexity index is 596. The standard InChI is InChI=1S/C20H29ClN3/c1-4-5-15-24(2,3)16-14-23(20-8-6-7-13-22-20)17-18-9-11-19(21)12-10-18/h6-13H,4-5,14-17H2,1-3H3/q+1/p+1. The van der Waals surface area contributed by atoms with E-state index >= 15 is 0 Å². The maximum Gasteiger partial charge on any atom is 0.274 e. The van der Waals surface area contributed by atoms with Gasteiger partial charge in [0, 0.05) is 11.1 Å². The Kier molecular flexibility index (Phi) is 7.07. The first-order valence-corrected chi connectivity index (χ1v) is 9.16. The van der Waals surface area contributed by atoms with Gasteiger partial charge in [-0.05, 0) is 30.2 Å². The average molecular weight is 348 g/mol. The molecule has 0 saturated carbocycles. The minimum absolute atomic E-state index is 0.786. The molecule has 1 aromatic carbocycles. The number of likely N-dealkylation sites (N-methyl/N-ethyl adjacent to an activating group) is 1. The molecule has 4 heteroatoms. The first-order valence-electron chi connectivity index (χ1n) is 8.78. The Balaban J connectivity index is 2.07. The Labute approximate surface area is 151 Å². The Morgan fingerprint density at radius 3 is 2.42 bits per heavy atom. The van der Waals surface area contributed by atoms with Gasteiger partial charge in [-0.15, -0.1) is 0 Å². The highest BCUT2D eigenvalue weighted by Gasteiger charge is 2.21. The van der Waals surface area contributed by atoms with Crippen molar-refractivity contribution in [2.75, 3.05) is 38.6 Å². The first-order chi connectivity index (χ1) is 11.5. The minimum atomic E-state index is 0.786. The zero-order chi connectivity index (χ0) is 17.4. The molecule has 0 radical (unpaired) electrons. The maximum atomic E-state index is 6.01. The summed E-state index contributed by atoms with van der Waals surface area (Å²) >= 11 is 6.01. The van der Waals surface area contributed by atoms with Gasteiger partial charge in [-0.25, -0.2) is 4.98 Å². The van der Waals surface area contributed by atoms with Crippen molar-refractivity contribution < 1.29 is 9.47 Å². The van der Waals surface area contributed by atoms with Gasteiger partial charge in [0.05, 0.1) is 26.8 Å². The molecule has 0 atom stereocenters. The predicted molar refractivity (Wildman–Crippen MR) is 102 cm³/mol. The van der Waals surface area contributed by atoms with Crippen LogP contribution in [-0.2, 0) is 6.54 Å². The van der Waals surface area contributed by atoms with Gasteiger partial charge in [0.15, 0.2) is 0 Å². The second-order valence-electron chi connectivity index (χ2n) is 7.03. The van der Waals surface area contributed by atoms with E-state index in [0.717, 1.165) is 35.0 Å². The van der Waals surface area contributed by atoms with Gasteiger partial charge in [0.2, 0.25) is 0 Å². The van der Waals surface area contributed by atoms with E-state index in [1.807, 2.05) is 24.4 Å². The monoisotopic (exact) mass is 347 g/mol. The zero-order valence-corrected chi connectivity index (χ0v) is 15.9. The number of H-pyrrole nitrogens is 1. The van der Waals surface area contributed by atoms with Crippen LogP contribution in [0.2, 0.25) is 5.02 Å². The molecule has 3 nitrogen and oxygen atoms in total. The van der Waals surface area contributed by atoms with Gasteiger partial charge < -0.3 is 4.48 Å². The maximum absolute atomic E-state index is 6.01. The van der Waals surface area contributed by atoms with Crippen LogP contribution in [0.5, 0.6) is 0 Å². The van der Waals surface area contributed by atoms with Crippen LogP contribution in [0.4, 0.5) is 5.82 Å². The summed E-state index contributed by atoms with van der Waals surface area (Å²) in [6.45, 7) is 6.50. The summed E-state index contributed by atoms with van der Waals surface area (Å²) in [7, 11) is 4.65. The van der Waals surface area contributed by atoms with Crippen LogP contribution in [0.1, 0.15) is 25.3 Å². The van der Waals surface area contributed by atoms with Crippen LogP contribution in [0.3, 0.4) is 0 Å². The Morgan fingerprint density at radius 2 is 1.79 bits per heavy atom. The second-order valence-corrected chi connectivity index (χ2v) is 7.47. The van der Waals surface area contributed by atoms with E-state index < -0.39 is 0 Å². The van der Waals surface area contributed by atoms with E-state index in [-0.39, 0.29) is 0 Å². The van der Waals surface area contributed by atoms with Gasteiger partial charge in [-0.2, -0.15) is 0 Å². The number of nitrogens with zero attached hydrogens (tertiary/aromatic N) is 2. The number of rotatable bonds is 9. The van der Waals surface area contributed by atoms with Crippen LogP contribution in [0.25, 0.3) is 0 Å². The highest BCUT2D eigenvalue weighted by molar-refractivity contribution is 6.30. The molecular formula is C20H30ClN3+2. The third-order valence-electron chi connectivity index (χ3n) is 4.41. The topological polar surface area (TPSA) is 17.4 Å². The Hall–Kier alpha value is -1.58. The molecule has 0 spiro atoms. The van der Waals surface area contributed by atoms with Crippen LogP contribution < -0.4 is 9.88 Å². The number of hydrogen-bond donors (Lipinski definition) is 0. The fraction of sp³-hybridized carbons (Fsp3) is 0.450. The van der Waals surface area contributed by atoms with Crippen LogP contribution >= 0.6 is 11.6 Å². The SMILES string of the molecule is CCCC[N+](C)(C)CCN(Cc1ccc(Cl)cc1)c1cccc[nH+]1. The lowest BCUT2D eigenvalue weighted by Gasteiger charge is -2.31. The quantitative estimate of drug-likeness (QED) is 0.626. The van der Waals surface area contributed by atoms with E-state index in [4.69, 9.17) is 11.6 Å². The molecule has 24 heavy (non-hydrogen) atoms. The van der Waals surface area contributed by atoms with Gasteiger partial charge in [0.1, 0.15) is 19.6 Å². The summed E-state index contributed by atoms with van der Waals surface area (Å²) < 4.78 is 1.05. The number of hydrogen-bond acceptors (Lipinski definition) is 1. The fourth-order valence-electron chi connectivity index (χ4n) is 2.76. The lowest BCUT2D eigenvalue weighted by Crippen LogP contribution is -2.46. The third-order valence-corrected chi connectivity index (χ3v) is 4.66. The van der Waals surface area contributed by atoms with Crippen molar-refractivity contribution in [3.63, 3.8) is 0 Å². The number of unbranched alkanes of at least 4 members (excludes halogenated alkanes) is 1. The summed E-state index contributed by atoms with van der Waals surface area (Å²) in [5.74, 6) is 1.16. The summed E-state index contributed by atoms with van der Waals surface area (Å²) in [6, 6.07) is 14.4. The van der Waals surface area contributed by atoms with E-state index in [2.05, 4.69) is 55.2 Å². The van der Waals surface area contributed by atoms with E-state index in [0.29, 0.717) is 0 Å². The van der Waals surface area contributed by atoms with Gasteiger partial charge in [-0.3, -0.25) is 4.90 Å². The minimum Gasteiger partial charge on any atom is -0.325 e. The van der Waals surface area contributed by atoms with Crippen LogP contribution in [0, 0.1) is 0 Å². The molecule has 1 N–H and O–H groups in total. The second kappa shape index (κ2) is 9.05. The van der Waals surface area contributed by atoms with Gasteiger partial charge in [-0.1, -0.05) is 43.1 Å². The van der Waals surface area contributed by atoms with E-state index in [9.17, 15) is 0 Å². The van der Waals surface area contributed by atoms with Crippen LogP contribution in [0.15, 0.2) is 48.7 Å². The highest BCUT2D eigenvalue weighted by Crippen LogP contribution is 2.15.